The highest BCUT2D eigenvalue weighted by Gasteiger charge is 2.23. The molecule has 10 nitrogen and oxygen atoms in total. The average molecular weight is 599 g/mol. The summed E-state index contributed by atoms with van der Waals surface area (Å²) in [6.07, 6.45) is 3.42. The van der Waals surface area contributed by atoms with E-state index in [1.165, 1.54) is 40.2 Å². The van der Waals surface area contributed by atoms with Crippen molar-refractivity contribution in [3.05, 3.63) is 88.1 Å². The van der Waals surface area contributed by atoms with Crippen LogP contribution in [0, 0.1) is 13.8 Å². The molecule has 1 fully saturated rings. The molecule has 2 aliphatic heterocycles. The highest BCUT2D eigenvalue weighted by atomic mass is 16.6. The molecule has 0 unspecified atom stereocenters. The van der Waals surface area contributed by atoms with Gasteiger partial charge in [-0.2, -0.15) is 9.78 Å². The maximum Gasteiger partial charge on any atom is 0.342 e. The van der Waals surface area contributed by atoms with Crippen LogP contribution in [0.15, 0.2) is 54.7 Å². The normalized spacial score (nSPS) is 17.1. The van der Waals surface area contributed by atoms with Crippen molar-refractivity contribution in [2.75, 3.05) is 46.6 Å². The second-order valence-electron chi connectivity index (χ2n) is 11.3. The third kappa shape index (κ3) is 6.19. The summed E-state index contributed by atoms with van der Waals surface area (Å²) >= 11 is 0. The first-order valence-corrected chi connectivity index (χ1v) is 15.0. The van der Waals surface area contributed by atoms with Crippen molar-refractivity contribution < 1.29 is 28.8 Å². The van der Waals surface area contributed by atoms with E-state index in [2.05, 4.69) is 29.1 Å². The van der Waals surface area contributed by atoms with Crippen molar-refractivity contribution in [1.82, 2.24) is 19.7 Å². The maximum atomic E-state index is 11.6. The van der Waals surface area contributed by atoms with Crippen LogP contribution in [0.4, 0.5) is 0 Å². The lowest BCUT2D eigenvalue weighted by Gasteiger charge is -2.29. The number of aromatic carboxylic acids is 1. The predicted molar refractivity (Wildman–Crippen MR) is 165 cm³/mol. The van der Waals surface area contributed by atoms with Crippen molar-refractivity contribution in [1.29, 1.82) is 0 Å². The van der Waals surface area contributed by atoms with Crippen LogP contribution in [-0.4, -0.2) is 83.4 Å². The number of methoxy groups -OCH3 is 1. The van der Waals surface area contributed by atoms with Crippen LogP contribution in [0.3, 0.4) is 0 Å². The zero-order valence-corrected chi connectivity index (χ0v) is 25.4. The Bertz CT molecular complexity index is 1640. The number of aromatic nitrogens is 3. The lowest BCUT2D eigenvalue weighted by atomic mass is 9.94. The van der Waals surface area contributed by atoms with Crippen LogP contribution >= 0.6 is 0 Å². The molecule has 0 radical (unpaired) electrons. The molecule has 0 aliphatic carbocycles. The molecule has 1 saturated heterocycles. The lowest BCUT2D eigenvalue weighted by Crippen LogP contribution is -2.41. The first kappa shape index (κ1) is 29.8. The molecule has 2 aromatic carbocycles. The first-order chi connectivity index (χ1) is 21.4. The van der Waals surface area contributed by atoms with E-state index >= 15 is 0 Å². The highest BCUT2D eigenvalue weighted by Crippen LogP contribution is 2.34. The standard InChI is InChI=1S/C34H38N4O6/c1-22-6-4-7-28(30-8-5-9-31(36-30)38-33(41-3)29(18-35-38)34(39)40)32(22)44-20-25-11-10-24-12-14-37(15-13-27(24)23(25)2)19-26-21-42-16-17-43-26/h4-11,18,26H,12-17,19-21H2,1-3H3,(H,39,40)/t26-/m1/s1. The summed E-state index contributed by atoms with van der Waals surface area (Å²) in [5.74, 6) is 0.192. The molecular formula is C34H38N4O6. The fourth-order valence-electron chi connectivity index (χ4n) is 6.10. The fraction of sp³-hybridized carbons (Fsp3) is 0.382. The molecule has 0 saturated carbocycles. The highest BCUT2D eigenvalue weighted by molar-refractivity contribution is 5.90. The van der Waals surface area contributed by atoms with Crippen LogP contribution in [0.2, 0.25) is 0 Å². The summed E-state index contributed by atoms with van der Waals surface area (Å²) < 4.78 is 24.8. The number of hydrogen-bond acceptors (Lipinski definition) is 8. The van der Waals surface area contributed by atoms with Gasteiger partial charge in [-0.1, -0.05) is 30.3 Å². The van der Waals surface area contributed by atoms with Gasteiger partial charge in [-0.3, -0.25) is 0 Å². The number of nitrogens with zero attached hydrogens (tertiary/aromatic N) is 4. The van der Waals surface area contributed by atoms with E-state index in [0.717, 1.165) is 49.4 Å². The predicted octanol–water partition coefficient (Wildman–Crippen LogP) is 4.65. The van der Waals surface area contributed by atoms with Gasteiger partial charge in [-0.05, 0) is 72.7 Å². The van der Waals surface area contributed by atoms with Gasteiger partial charge in [0.1, 0.15) is 17.9 Å². The van der Waals surface area contributed by atoms with Gasteiger partial charge < -0.3 is 29.0 Å². The van der Waals surface area contributed by atoms with Gasteiger partial charge in [0.25, 0.3) is 0 Å². The topological polar surface area (TPSA) is 108 Å². The number of ether oxygens (including phenoxy) is 4. The van der Waals surface area contributed by atoms with E-state index < -0.39 is 5.97 Å². The summed E-state index contributed by atoms with van der Waals surface area (Å²) in [6.45, 7) is 9.63. The average Bonchev–Trinajstić information content (AvgIpc) is 3.38. The Morgan fingerprint density at radius 3 is 2.70 bits per heavy atom. The SMILES string of the molecule is COc1c(C(=O)O)cnn1-c1cccc(-c2cccc(C)c2OCc2ccc3c(c2C)CCN(C[C@@H]2COCCO2)CC3)n1. The second kappa shape index (κ2) is 13.2. The monoisotopic (exact) mass is 598 g/mol. The Hall–Kier alpha value is -4.25. The van der Waals surface area contributed by atoms with E-state index in [4.69, 9.17) is 23.9 Å². The van der Waals surface area contributed by atoms with E-state index in [1.807, 2.05) is 37.3 Å². The number of rotatable bonds is 9. The third-order valence-electron chi connectivity index (χ3n) is 8.49. The number of carboxylic acid groups (broad SMARTS) is 1. The lowest BCUT2D eigenvalue weighted by molar-refractivity contribution is -0.0972. The minimum Gasteiger partial charge on any atom is -0.488 e. The molecule has 10 heteroatoms. The van der Waals surface area contributed by atoms with Crippen LogP contribution in [0.5, 0.6) is 11.6 Å². The van der Waals surface area contributed by atoms with Crippen LogP contribution in [-0.2, 0) is 28.9 Å². The van der Waals surface area contributed by atoms with Gasteiger partial charge in [0.15, 0.2) is 5.82 Å². The van der Waals surface area contributed by atoms with Gasteiger partial charge in [0, 0.05) is 25.2 Å². The summed E-state index contributed by atoms with van der Waals surface area (Å²) in [4.78, 5) is 18.9. The molecule has 2 aliphatic rings. The molecule has 2 aromatic heterocycles. The molecule has 4 aromatic rings. The first-order valence-electron chi connectivity index (χ1n) is 15.0. The number of para-hydroxylation sites is 1. The smallest absolute Gasteiger partial charge is 0.342 e. The van der Waals surface area contributed by atoms with Gasteiger partial charge >= 0.3 is 5.97 Å². The van der Waals surface area contributed by atoms with Crippen molar-refractivity contribution in [3.8, 4) is 28.7 Å². The number of carboxylic acids is 1. The zero-order chi connectivity index (χ0) is 30.6. The molecule has 1 N–H and O–H groups in total. The summed E-state index contributed by atoms with van der Waals surface area (Å²) in [7, 11) is 1.42. The van der Waals surface area contributed by atoms with Gasteiger partial charge in [0.05, 0.1) is 44.9 Å². The van der Waals surface area contributed by atoms with Gasteiger partial charge in [0.2, 0.25) is 5.88 Å². The van der Waals surface area contributed by atoms with Gasteiger partial charge in [-0.25, -0.2) is 9.78 Å². The number of fused-ring (bicyclic) bond motifs is 1. The third-order valence-corrected chi connectivity index (χ3v) is 8.49. The van der Waals surface area contributed by atoms with E-state index in [9.17, 15) is 9.90 Å². The Labute approximate surface area is 257 Å². The molecule has 1 atom stereocenters. The van der Waals surface area contributed by atoms with Crippen molar-refractivity contribution in [2.45, 2.75) is 39.4 Å². The molecule has 0 amide bonds. The Morgan fingerprint density at radius 1 is 1.07 bits per heavy atom. The number of benzene rings is 2. The molecule has 0 bridgehead atoms. The Balaban J connectivity index is 1.21. The maximum absolute atomic E-state index is 11.6. The van der Waals surface area contributed by atoms with Crippen molar-refractivity contribution >= 4 is 5.97 Å². The molecule has 0 spiro atoms. The number of hydrogen-bond donors (Lipinski definition) is 1. The van der Waals surface area contributed by atoms with Crippen LogP contribution in [0.1, 0.15) is 38.2 Å². The summed E-state index contributed by atoms with van der Waals surface area (Å²) in [5, 5.41) is 13.7. The molecule has 230 valence electrons. The van der Waals surface area contributed by atoms with Gasteiger partial charge in [-0.15, -0.1) is 0 Å². The number of pyridine rings is 1. The van der Waals surface area contributed by atoms with Crippen LogP contribution in [0.25, 0.3) is 17.1 Å². The Morgan fingerprint density at radius 2 is 1.91 bits per heavy atom. The molecule has 6 rings (SSSR count). The summed E-state index contributed by atoms with van der Waals surface area (Å²) in [5.41, 5.74) is 7.77. The van der Waals surface area contributed by atoms with E-state index in [0.29, 0.717) is 37.9 Å². The minimum absolute atomic E-state index is 0.0315. The Kier molecular flexibility index (Phi) is 8.92. The number of carbonyl (C=O) groups is 1. The largest absolute Gasteiger partial charge is 0.488 e. The van der Waals surface area contributed by atoms with E-state index in [-0.39, 0.29) is 17.5 Å². The minimum atomic E-state index is -1.12. The van der Waals surface area contributed by atoms with Crippen LogP contribution < -0.4 is 9.47 Å². The molecular weight excluding hydrogens is 560 g/mol. The van der Waals surface area contributed by atoms with E-state index in [1.54, 1.807) is 6.07 Å². The summed E-state index contributed by atoms with van der Waals surface area (Å²) in [6, 6.07) is 16.0. The molecule has 4 heterocycles. The van der Waals surface area contributed by atoms with Crippen molar-refractivity contribution in [3.63, 3.8) is 0 Å². The zero-order valence-electron chi connectivity index (χ0n) is 25.4. The van der Waals surface area contributed by atoms with Crippen molar-refractivity contribution in [2.24, 2.45) is 0 Å². The second-order valence-corrected chi connectivity index (χ2v) is 11.3. The quantitative estimate of drug-likeness (QED) is 0.295. The number of aryl methyl sites for hydroxylation is 1. The fourth-order valence-corrected chi connectivity index (χ4v) is 6.10. The molecule has 44 heavy (non-hydrogen) atoms.